The first kappa shape index (κ1) is 38.0. The van der Waals surface area contributed by atoms with Crippen molar-refractivity contribution in [2.45, 2.75) is 49.1 Å². The molecule has 26 nitrogen and oxygen atoms in total. The van der Waals surface area contributed by atoms with Gasteiger partial charge < -0.3 is 60.3 Å². The molecule has 0 saturated carbocycles. The summed E-state index contributed by atoms with van der Waals surface area (Å²) in [4.78, 5) is 71.5. The first-order valence-electron chi connectivity index (χ1n) is 12.9. The van der Waals surface area contributed by atoms with Crippen molar-refractivity contribution >= 4 is 40.4 Å². The number of aromatic nitrogens is 6. The molecule has 0 aliphatic carbocycles. The predicted octanol–water partition coefficient (Wildman–Crippen LogP) is -4.48. The third-order valence-corrected chi connectivity index (χ3v) is 10.3. The van der Waals surface area contributed by atoms with Crippen LogP contribution in [0.15, 0.2) is 34.5 Å². The Balaban J connectivity index is 0.000000257. The van der Waals surface area contributed by atoms with Gasteiger partial charge in [0.2, 0.25) is 0 Å². The van der Waals surface area contributed by atoms with E-state index in [0.29, 0.717) is 0 Å². The van der Waals surface area contributed by atoms with E-state index < -0.39 is 97.0 Å². The van der Waals surface area contributed by atoms with Crippen LogP contribution in [0.1, 0.15) is 12.5 Å². The van der Waals surface area contributed by atoms with Gasteiger partial charge in [-0.05, 0) is 0 Å². The summed E-state index contributed by atoms with van der Waals surface area (Å²) in [7, 11) is -16.7. The first-order valence-corrected chi connectivity index (χ1v) is 17.4. The van der Waals surface area contributed by atoms with E-state index >= 15 is 0 Å². The van der Waals surface area contributed by atoms with E-state index in [1.54, 1.807) is 0 Å². The Morgan fingerprint density at radius 3 is 2.04 bits per heavy atom. The smallest absolute Gasteiger partial charge is 0.394 e. The van der Waals surface area contributed by atoms with Crippen molar-refractivity contribution in [3.63, 3.8) is 0 Å². The number of imidazole rings is 1. The van der Waals surface area contributed by atoms with E-state index in [0.717, 1.165) is 23.2 Å². The number of H-pyrrole nitrogens is 1. The van der Waals surface area contributed by atoms with Gasteiger partial charge in [-0.2, -0.15) is 8.62 Å². The number of anilines is 1. The van der Waals surface area contributed by atoms with E-state index in [1.807, 2.05) is 4.98 Å². The average molecular weight is 751 g/mol. The molecule has 5 rings (SSSR count). The van der Waals surface area contributed by atoms with Crippen LogP contribution in [0, 0.1) is 0 Å². The summed E-state index contributed by atoms with van der Waals surface area (Å²) in [6.07, 6.45) is -7.27. The molecule has 2 saturated heterocycles. The highest BCUT2D eigenvalue weighted by Crippen LogP contribution is 2.66. The summed E-state index contributed by atoms with van der Waals surface area (Å²) in [6, 6.07) is 1.09. The minimum atomic E-state index is -5.70. The Morgan fingerprint density at radius 2 is 1.46 bits per heavy atom. The zero-order valence-electron chi connectivity index (χ0n) is 23.6. The number of nitrogens with two attached hydrogens (primary N) is 1. The van der Waals surface area contributed by atoms with Crippen LogP contribution >= 0.6 is 23.5 Å². The van der Waals surface area contributed by atoms with Gasteiger partial charge in [0.25, 0.3) is 5.56 Å². The van der Waals surface area contributed by atoms with E-state index in [9.17, 15) is 48.6 Å². The number of hydrogen-bond donors (Lipinski definition) is 11. The van der Waals surface area contributed by atoms with Crippen molar-refractivity contribution < 1.29 is 81.4 Å². The lowest BCUT2D eigenvalue weighted by Crippen LogP contribution is -2.37. The molecule has 10 atom stereocenters. The minimum Gasteiger partial charge on any atom is -0.394 e. The number of hydrogen-bond acceptors (Lipinski definition) is 19. The van der Waals surface area contributed by atoms with Gasteiger partial charge in [0, 0.05) is 12.3 Å². The molecule has 2 aliphatic heterocycles. The number of aliphatic hydroxyl groups is 5. The molecule has 2 fully saturated rings. The second-order valence-corrected chi connectivity index (χ2v) is 14.2. The minimum absolute atomic E-state index is 0.0426. The number of nitrogens with one attached hydrogen (secondary N) is 1. The Labute approximate surface area is 265 Å². The molecular weight excluding hydrogens is 723 g/mol. The second kappa shape index (κ2) is 14.6. The average Bonchev–Trinajstić information content (AvgIpc) is 3.61. The fourth-order valence-corrected chi connectivity index (χ4v) is 7.39. The molecular formula is C19H28N7O19P3. The highest BCUT2D eigenvalue weighted by atomic mass is 31.3. The fraction of sp³-hybridized carbons (Fsp3) is 0.526. The van der Waals surface area contributed by atoms with Crippen molar-refractivity contribution in [1.29, 1.82) is 0 Å². The number of aromatic amines is 1. The third-order valence-electron chi connectivity index (χ3n) is 6.46. The van der Waals surface area contributed by atoms with Gasteiger partial charge in [-0.15, -0.1) is 0 Å². The standard InChI is InChI=1S/C10H16N5O13P3.C9H12N2O6/c11-8-5-9(13-2-12-8)15(3-14-5)10-7(17)6(16)4(26-10)1-25-30(21,22)28-31(23,24)27-29(18,19)20;12-3-4-6(14)7(15)8(17-4)11-2-1-5(13)10-9(11)16/h2-4,6-7,10,16-17H,1H2,(H,21,22)(H,23,24)(H2,11,12,13)(H2,18,19,20);1-2,4,6-8,12,14-15H,3H2,(H,10,13,16)/t4-,6-,7-,10-;4-,6-,7-,8-/m11/s1. The molecule has 3 aromatic heterocycles. The summed E-state index contributed by atoms with van der Waals surface area (Å²) >= 11 is 0. The van der Waals surface area contributed by atoms with Crippen LogP contribution in [-0.4, -0.2) is 124 Å². The van der Waals surface area contributed by atoms with Gasteiger partial charge in [0.15, 0.2) is 23.9 Å². The number of fused-ring (bicyclic) bond motifs is 1. The van der Waals surface area contributed by atoms with Crippen LogP contribution in [0.2, 0.25) is 0 Å². The molecule has 3 aromatic rings. The number of aliphatic hydroxyl groups excluding tert-OH is 5. The zero-order valence-corrected chi connectivity index (χ0v) is 26.3. The normalized spacial score (nSPS) is 30.0. The van der Waals surface area contributed by atoms with Crippen molar-refractivity contribution in [2.75, 3.05) is 18.9 Å². The van der Waals surface area contributed by atoms with E-state index in [1.165, 1.54) is 10.9 Å². The third kappa shape index (κ3) is 8.84. The van der Waals surface area contributed by atoms with Gasteiger partial charge in [0.1, 0.15) is 48.5 Å². The van der Waals surface area contributed by atoms with Gasteiger partial charge in [0.05, 0.1) is 19.5 Å². The molecule has 5 heterocycles. The largest absolute Gasteiger partial charge is 0.490 e. The Bertz CT molecular complexity index is 1860. The number of phosphoric acid groups is 3. The lowest BCUT2D eigenvalue weighted by molar-refractivity contribution is -0.0550. The predicted molar refractivity (Wildman–Crippen MR) is 150 cm³/mol. The van der Waals surface area contributed by atoms with Crippen LogP contribution in [-0.2, 0) is 36.3 Å². The van der Waals surface area contributed by atoms with Gasteiger partial charge in [-0.3, -0.25) is 23.4 Å². The van der Waals surface area contributed by atoms with Gasteiger partial charge in [-0.25, -0.2) is 33.4 Å². The summed E-state index contributed by atoms with van der Waals surface area (Å²) in [5.74, 6) is 0.0426. The molecule has 0 amide bonds. The van der Waals surface area contributed by atoms with Crippen LogP contribution in [0.3, 0.4) is 0 Å². The molecule has 2 unspecified atom stereocenters. The maximum absolute atomic E-state index is 11.8. The lowest BCUT2D eigenvalue weighted by atomic mass is 10.1. The summed E-state index contributed by atoms with van der Waals surface area (Å²) < 4.78 is 58.0. The molecule has 0 bridgehead atoms. The maximum atomic E-state index is 11.8. The monoisotopic (exact) mass is 751 g/mol. The highest BCUT2D eigenvalue weighted by molar-refractivity contribution is 7.66. The zero-order chi connectivity index (χ0) is 35.8. The van der Waals surface area contributed by atoms with Gasteiger partial charge in [-0.1, -0.05) is 0 Å². The highest BCUT2D eigenvalue weighted by Gasteiger charge is 2.47. The fourth-order valence-electron chi connectivity index (χ4n) is 4.36. The topological polar surface area (TPSA) is 404 Å². The van der Waals surface area contributed by atoms with Crippen LogP contribution in [0.4, 0.5) is 5.82 Å². The Morgan fingerprint density at radius 1 is 0.854 bits per heavy atom. The first-order chi connectivity index (χ1) is 22.2. The molecule has 0 spiro atoms. The molecule has 0 aromatic carbocycles. The summed E-state index contributed by atoms with van der Waals surface area (Å²) in [5, 5.41) is 48.5. The summed E-state index contributed by atoms with van der Waals surface area (Å²) in [6.45, 7) is -1.44. The number of nitrogen functional groups attached to an aromatic ring is 1. The summed E-state index contributed by atoms with van der Waals surface area (Å²) in [5.41, 5.74) is 4.67. The van der Waals surface area contributed by atoms with Crippen molar-refractivity contribution in [3.8, 4) is 0 Å². The maximum Gasteiger partial charge on any atom is 0.490 e. The number of phosphoric ester groups is 1. The van der Waals surface area contributed by atoms with Crippen molar-refractivity contribution in [1.82, 2.24) is 29.1 Å². The van der Waals surface area contributed by atoms with Crippen molar-refractivity contribution in [2.24, 2.45) is 0 Å². The second-order valence-electron chi connectivity index (χ2n) is 9.76. The van der Waals surface area contributed by atoms with Crippen molar-refractivity contribution in [3.05, 3.63) is 45.8 Å². The molecule has 2 aliphatic rings. The lowest BCUT2D eigenvalue weighted by Gasteiger charge is -2.19. The SMILES string of the molecule is Nc1ncnc2c1ncn2[C@@H]1O[C@H](COP(=O)(O)OP(=O)(O)OP(=O)(O)O)[C@@H](O)[C@H]1O.O=c1ccn([C@@H]2O[C@H](CO)[C@@H](O)[C@H]2O)c(=O)[nH]1. The van der Waals surface area contributed by atoms with Crippen LogP contribution in [0.5, 0.6) is 0 Å². The Kier molecular flexibility index (Phi) is 11.5. The quantitative estimate of drug-likeness (QED) is 0.0870. The van der Waals surface area contributed by atoms with E-state index in [2.05, 4.69) is 28.1 Å². The molecule has 0 radical (unpaired) electrons. The molecule has 48 heavy (non-hydrogen) atoms. The number of ether oxygens (including phenoxy) is 2. The van der Waals surface area contributed by atoms with Crippen LogP contribution < -0.4 is 17.0 Å². The number of nitrogens with zero attached hydrogens (tertiary/aromatic N) is 5. The van der Waals surface area contributed by atoms with E-state index in [-0.39, 0.29) is 17.0 Å². The van der Waals surface area contributed by atoms with Crippen LogP contribution in [0.25, 0.3) is 11.2 Å². The van der Waals surface area contributed by atoms with E-state index in [4.69, 9.17) is 35.0 Å². The number of rotatable bonds is 10. The molecule has 12 N–H and O–H groups in total. The van der Waals surface area contributed by atoms with Gasteiger partial charge >= 0.3 is 29.2 Å². The molecule has 268 valence electrons. The Hall–Kier alpha value is -2.84. The molecule has 29 heteroatoms.